The van der Waals surface area contributed by atoms with Crippen molar-refractivity contribution in [1.29, 1.82) is 0 Å². The van der Waals surface area contributed by atoms with E-state index in [0.717, 1.165) is 36.3 Å². The van der Waals surface area contributed by atoms with Gasteiger partial charge in [-0.15, -0.1) is 0 Å². The highest BCUT2D eigenvalue weighted by Gasteiger charge is 2.30. The number of aryl methyl sites for hydroxylation is 2. The molecule has 0 saturated carbocycles. The molecule has 2 aromatic rings. The van der Waals surface area contributed by atoms with Gasteiger partial charge in [-0.05, 0) is 37.8 Å². The molecule has 2 N–H and O–H groups in total. The van der Waals surface area contributed by atoms with Crippen LogP contribution < -0.4 is 5.73 Å². The first-order valence-corrected chi connectivity index (χ1v) is 8.48. The Kier molecular flexibility index (Phi) is 4.55. The van der Waals surface area contributed by atoms with Crippen molar-refractivity contribution in [3.05, 3.63) is 41.2 Å². The smallest absolute Gasteiger partial charge is 0.229 e. The van der Waals surface area contributed by atoms with Crippen LogP contribution in [0, 0.1) is 6.92 Å². The van der Waals surface area contributed by atoms with E-state index in [-0.39, 0.29) is 17.7 Å². The van der Waals surface area contributed by atoms with E-state index in [9.17, 15) is 4.79 Å². The van der Waals surface area contributed by atoms with E-state index in [1.54, 1.807) is 11.7 Å². The molecule has 2 atom stereocenters. The van der Waals surface area contributed by atoms with Crippen molar-refractivity contribution in [3.8, 4) is 0 Å². The summed E-state index contributed by atoms with van der Waals surface area (Å²) in [5.41, 5.74) is 8.05. The molecule has 1 aliphatic rings. The number of nitrogens with two attached hydrogens (primary N) is 1. The maximum Gasteiger partial charge on any atom is 0.229 e. The van der Waals surface area contributed by atoms with Crippen molar-refractivity contribution in [2.24, 2.45) is 7.05 Å². The lowest BCUT2D eigenvalue weighted by Gasteiger charge is -2.33. The third-order valence-electron chi connectivity index (χ3n) is 4.94. The Labute approximate surface area is 142 Å². The van der Waals surface area contributed by atoms with Crippen LogP contribution in [0.1, 0.15) is 48.6 Å². The Morgan fingerprint density at radius 3 is 2.79 bits per heavy atom. The third kappa shape index (κ3) is 3.13. The second-order valence-corrected chi connectivity index (χ2v) is 6.65. The van der Waals surface area contributed by atoms with Gasteiger partial charge in [-0.3, -0.25) is 4.79 Å². The number of rotatable bonds is 3. The number of carbonyl (C=O) groups excluding carboxylic acids is 1. The number of hydrogen-bond donors (Lipinski definition) is 1. The zero-order chi connectivity index (χ0) is 17.3. The zero-order valence-corrected chi connectivity index (χ0v) is 14.6. The number of nitrogen functional groups attached to an aromatic ring is 1. The number of anilines is 1. The third-order valence-corrected chi connectivity index (χ3v) is 4.94. The largest absolute Gasteiger partial charge is 0.368 e. The molecular weight excluding hydrogens is 302 g/mol. The van der Waals surface area contributed by atoms with Crippen LogP contribution in [0.15, 0.2) is 24.3 Å². The van der Waals surface area contributed by atoms with Crippen molar-refractivity contribution in [1.82, 2.24) is 19.7 Å². The van der Waals surface area contributed by atoms with Crippen LogP contribution >= 0.6 is 0 Å². The van der Waals surface area contributed by atoms with Crippen LogP contribution in [0.3, 0.4) is 0 Å². The van der Waals surface area contributed by atoms with Crippen LogP contribution in [0.5, 0.6) is 0 Å². The van der Waals surface area contributed by atoms with Crippen molar-refractivity contribution in [2.45, 2.75) is 38.5 Å². The summed E-state index contributed by atoms with van der Waals surface area (Å²) < 4.78 is 1.59. The van der Waals surface area contributed by atoms with E-state index in [2.05, 4.69) is 23.1 Å². The Balaban J connectivity index is 1.74. The number of piperidine rings is 1. The molecule has 6 heteroatoms. The van der Waals surface area contributed by atoms with Crippen molar-refractivity contribution in [3.63, 3.8) is 0 Å². The number of carbonyl (C=O) groups is 1. The Morgan fingerprint density at radius 2 is 2.12 bits per heavy atom. The van der Waals surface area contributed by atoms with Gasteiger partial charge in [0.25, 0.3) is 0 Å². The van der Waals surface area contributed by atoms with Gasteiger partial charge < -0.3 is 10.6 Å². The number of benzene rings is 1. The lowest BCUT2D eigenvalue weighted by atomic mass is 9.92. The SMILES string of the molecule is Cc1ccccc1C(C)C(=O)N1CCCC(c2nc(N)n(C)n2)C1. The van der Waals surface area contributed by atoms with E-state index in [0.29, 0.717) is 12.5 Å². The molecule has 1 aliphatic heterocycles. The number of hydrogen-bond acceptors (Lipinski definition) is 4. The molecule has 0 bridgehead atoms. The monoisotopic (exact) mass is 327 g/mol. The molecule has 0 radical (unpaired) electrons. The number of nitrogens with zero attached hydrogens (tertiary/aromatic N) is 4. The average Bonchev–Trinajstić information content (AvgIpc) is 2.93. The van der Waals surface area contributed by atoms with Gasteiger partial charge in [-0.1, -0.05) is 24.3 Å². The molecule has 128 valence electrons. The van der Waals surface area contributed by atoms with E-state index in [1.807, 2.05) is 30.0 Å². The normalized spacial score (nSPS) is 19.3. The molecule has 2 heterocycles. The summed E-state index contributed by atoms with van der Waals surface area (Å²) in [6, 6.07) is 8.09. The average molecular weight is 327 g/mol. The number of amides is 1. The van der Waals surface area contributed by atoms with Crippen molar-refractivity contribution >= 4 is 11.9 Å². The maximum atomic E-state index is 13.0. The predicted molar refractivity (Wildman–Crippen MR) is 93.6 cm³/mol. The van der Waals surface area contributed by atoms with Crippen molar-refractivity contribution in [2.75, 3.05) is 18.8 Å². The Bertz CT molecular complexity index is 719. The molecule has 0 spiro atoms. The van der Waals surface area contributed by atoms with Gasteiger partial charge in [0.1, 0.15) is 0 Å². The minimum absolute atomic E-state index is 0.133. The highest BCUT2D eigenvalue weighted by Crippen LogP contribution is 2.28. The molecule has 1 amide bonds. The van der Waals surface area contributed by atoms with Gasteiger partial charge in [0, 0.05) is 26.1 Å². The minimum atomic E-state index is -0.133. The lowest BCUT2D eigenvalue weighted by Crippen LogP contribution is -2.41. The van der Waals surface area contributed by atoms with E-state index < -0.39 is 0 Å². The predicted octanol–water partition coefficient (Wildman–Crippen LogP) is 2.22. The van der Waals surface area contributed by atoms with E-state index >= 15 is 0 Å². The highest BCUT2D eigenvalue weighted by atomic mass is 16.2. The first-order chi connectivity index (χ1) is 11.5. The molecule has 1 aromatic heterocycles. The van der Waals surface area contributed by atoms with Gasteiger partial charge in [-0.25, -0.2) is 4.68 Å². The van der Waals surface area contributed by atoms with E-state index in [4.69, 9.17) is 5.73 Å². The fourth-order valence-corrected chi connectivity index (χ4v) is 3.46. The summed E-state index contributed by atoms with van der Waals surface area (Å²) in [7, 11) is 1.79. The standard InChI is InChI=1S/C18H25N5O/c1-12-7-4-5-9-15(12)13(2)17(24)23-10-6-8-14(11-23)16-20-18(19)22(3)21-16/h4-5,7,9,13-14H,6,8,10-11H2,1-3H3,(H2,19,20,21). The maximum absolute atomic E-state index is 13.0. The number of likely N-dealkylation sites (tertiary alicyclic amines) is 1. The topological polar surface area (TPSA) is 77.0 Å². The van der Waals surface area contributed by atoms with Gasteiger partial charge in [0.2, 0.25) is 11.9 Å². The van der Waals surface area contributed by atoms with Crippen LogP contribution in [0.4, 0.5) is 5.95 Å². The summed E-state index contributed by atoms with van der Waals surface area (Å²) in [5, 5.41) is 4.39. The molecule has 24 heavy (non-hydrogen) atoms. The summed E-state index contributed by atoms with van der Waals surface area (Å²) in [6.07, 6.45) is 1.96. The second kappa shape index (κ2) is 6.63. The van der Waals surface area contributed by atoms with Gasteiger partial charge >= 0.3 is 0 Å². The van der Waals surface area contributed by atoms with Crippen LogP contribution in [-0.2, 0) is 11.8 Å². The molecule has 2 unspecified atom stereocenters. The van der Waals surface area contributed by atoms with Crippen LogP contribution in [0.2, 0.25) is 0 Å². The van der Waals surface area contributed by atoms with Gasteiger partial charge in [0.05, 0.1) is 5.92 Å². The molecule has 1 fully saturated rings. The summed E-state index contributed by atoms with van der Waals surface area (Å²) in [6.45, 7) is 5.51. The Morgan fingerprint density at radius 1 is 1.38 bits per heavy atom. The summed E-state index contributed by atoms with van der Waals surface area (Å²) in [5.74, 6) is 1.37. The van der Waals surface area contributed by atoms with E-state index in [1.165, 1.54) is 0 Å². The minimum Gasteiger partial charge on any atom is -0.368 e. The first kappa shape index (κ1) is 16.5. The summed E-state index contributed by atoms with van der Waals surface area (Å²) >= 11 is 0. The number of aromatic nitrogens is 3. The highest BCUT2D eigenvalue weighted by molar-refractivity contribution is 5.83. The van der Waals surface area contributed by atoms with Crippen molar-refractivity contribution < 1.29 is 4.79 Å². The first-order valence-electron chi connectivity index (χ1n) is 8.48. The zero-order valence-electron chi connectivity index (χ0n) is 14.6. The van der Waals surface area contributed by atoms with Gasteiger partial charge in [0.15, 0.2) is 5.82 Å². The fraction of sp³-hybridized carbons (Fsp3) is 0.500. The Hall–Kier alpha value is -2.37. The summed E-state index contributed by atoms with van der Waals surface area (Å²) in [4.78, 5) is 19.2. The molecule has 6 nitrogen and oxygen atoms in total. The lowest BCUT2D eigenvalue weighted by molar-refractivity contribution is -0.133. The van der Waals surface area contributed by atoms with Crippen LogP contribution in [-0.4, -0.2) is 38.7 Å². The van der Waals surface area contributed by atoms with Gasteiger partial charge in [-0.2, -0.15) is 10.1 Å². The fourth-order valence-electron chi connectivity index (χ4n) is 3.46. The second-order valence-electron chi connectivity index (χ2n) is 6.65. The molecule has 1 saturated heterocycles. The quantitative estimate of drug-likeness (QED) is 0.937. The molecule has 1 aromatic carbocycles. The molecular formula is C18H25N5O. The molecule has 0 aliphatic carbocycles. The van der Waals surface area contributed by atoms with Crippen LogP contribution in [0.25, 0.3) is 0 Å². The molecule has 3 rings (SSSR count).